The number of halogens is 6. The number of hydrogen-bond donors (Lipinski definition) is 2. The van der Waals surface area contributed by atoms with Crippen molar-refractivity contribution in [3.05, 3.63) is 83.0 Å². The molecule has 0 bridgehead atoms. The largest absolute Gasteiger partial charge is 0.410 e. The Morgan fingerprint density at radius 1 is 0.750 bits per heavy atom. The van der Waals surface area contributed by atoms with Crippen LogP contribution in [0, 0.1) is 0 Å². The minimum Gasteiger partial charge on any atom is -0.314 e. The Kier molecular flexibility index (Phi) is 5.82. The SMILES string of the molecule is NC1(C(F)(F)F)C=CC(C(=O)c2cccc(C(=O)C3=CCC(N)(C(F)(F)F)C=C3)c2)=CC1. The Hall–Kier alpha value is -2.98. The molecule has 2 aliphatic carbocycles. The van der Waals surface area contributed by atoms with E-state index in [0.717, 1.165) is 24.3 Å². The summed E-state index contributed by atoms with van der Waals surface area (Å²) in [5.41, 5.74) is 5.55. The summed E-state index contributed by atoms with van der Waals surface area (Å²) >= 11 is 0. The first-order valence-corrected chi connectivity index (χ1v) is 9.36. The van der Waals surface area contributed by atoms with E-state index in [2.05, 4.69) is 0 Å². The molecule has 10 heteroatoms. The number of alkyl halides is 6. The normalized spacial score (nSPS) is 25.9. The molecule has 0 spiro atoms. The standard InChI is InChI=1S/C22H18F6N2O2/c23-21(24,25)19(29)8-4-13(5-9-19)17(31)15-2-1-3-16(12-15)18(32)14-6-10-20(30,11-7-14)22(26,27)28/h1-8,10,12H,9,11,29-30H2. The van der Waals surface area contributed by atoms with Gasteiger partial charge in [-0.3, -0.25) is 9.59 Å². The molecule has 0 amide bonds. The number of ketones is 2. The first kappa shape index (κ1) is 23.7. The van der Waals surface area contributed by atoms with Crippen LogP contribution in [0.4, 0.5) is 26.3 Å². The zero-order valence-electron chi connectivity index (χ0n) is 16.4. The van der Waals surface area contributed by atoms with Crippen molar-refractivity contribution in [2.45, 2.75) is 36.3 Å². The second-order valence-corrected chi connectivity index (χ2v) is 7.71. The number of allylic oxidation sites excluding steroid dienone is 4. The maximum atomic E-state index is 13.0. The van der Waals surface area contributed by atoms with Gasteiger partial charge in [-0.2, -0.15) is 26.3 Å². The zero-order valence-corrected chi connectivity index (χ0v) is 16.4. The average molecular weight is 456 g/mol. The zero-order chi connectivity index (χ0) is 23.9. The van der Waals surface area contributed by atoms with Gasteiger partial charge in [0.1, 0.15) is 11.1 Å². The third-order valence-corrected chi connectivity index (χ3v) is 5.41. The van der Waals surface area contributed by atoms with Crippen molar-refractivity contribution in [3.8, 4) is 0 Å². The molecule has 0 radical (unpaired) electrons. The highest BCUT2D eigenvalue weighted by Crippen LogP contribution is 2.37. The quantitative estimate of drug-likeness (QED) is 0.521. The Morgan fingerprint density at radius 3 is 1.41 bits per heavy atom. The number of carbonyl (C=O) groups excluding carboxylic acids is 2. The van der Waals surface area contributed by atoms with Gasteiger partial charge in [-0.15, -0.1) is 0 Å². The van der Waals surface area contributed by atoms with E-state index < -0.39 is 47.8 Å². The lowest BCUT2D eigenvalue weighted by molar-refractivity contribution is -0.171. The monoisotopic (exact) mass is 456 g/mol. The van der Waals surface area contributed by atoms with Crippen LogP contribution in [0.3, 0.4) is 0 Å². The van der Waals surface area contributed by atoms with Gasteiger partial charge < -0.3 is 11.5 Å². The summed E-state index contributed by atoms with van der Waals surface area (Å²) in [5, 5.41) is 0. The molecule has 0 saturated heterocycles. The molecule has 0 fully saturated rings. The smallest absolute Gasteiger partial charge is 0.314 e. The van der Waals surface area contributed by atoms with Gasteiger partial charge >= 0.3 is 12.4 Å². The number of benzene rings is 1. The fraction of sp³-hybridized carbons (Fsp3) is 0.273. The molecule has 2 aliphatic rings. The molecule has 4 N–H and O–H groups in total. The van der Waals surface area contributed by atoms with Crippen LogP contribution in [0.1, 0.15) is 33.6 Å². The van der Waals surface area contributed by atoms with Crippen molar-refractivity contribution in [1.29, 1.82) is 0 Å². The summed E-state index contributed by atoms with van der Waals surface area (Å²) in [6.45, 7) is 0. The molecular formula is C22H18F6N2O2. The molecule has 170 valence electrons. The van der Waals surface area contributed by atoms with Crippen molar-refractivity contribution < 1.29 is 35.9 Å². The topological polar surface area (TPSA) is 86.2 Å². The van der Waals surface area contributed by atoms with Crippen LogP contribution in [-0.4, -0.2) is 35.0 Å². The van der Waals surface area contributed by atoms with Gasteiger partial charge in [0.25, 0.3) is 0 Å². The molecule has 0 heterocycles. The van der Waals surface area contributed by atoms with E-state index in [-0.39, 0.29) is 22.3 Å². The van der Waals surface area contributed by atoms with Gasteiger partial charge in [-0.1, -0.05) is 54.7 Å². The number of hydrogen-bond acceptors (Lipinski definition) is 4. The number of carbonyl (C=O) groups is 2. The van der Waals surface area contributed by atoms with Crippen LogP contribution in [0.15, 0.2) is 71.9 Å². The summed E-state index contributed by atoms with van der Waals surface area (Å²) in [6, 6.07) is 5.38. The first-order chi connectivity index (χ1) is 14.7. The maximum Gasteiger partial charge on any atom is 0.410 e. The fourth-order valence-electron chi connectivity index (χ4n) is 3.20. The molecule has 1 aromatic rings. The fourth-order valence-corrected chi connectivity index (χ4v) is 3.20. The van der Waals surface area contributed by atoms with Crippen molar-refractivity contribution in [3.63, 3.8) is 0 Å². The van der Waals surface area contributed by atoms with Crippen molar-refractivity contribution in [2.24, 2.45) is 11.5 Å². The van der Waals surface area contributed by atoms with Crippen molar-refractivity contribution in [2.75, 3.05) is 0 Å². The lowest BCUT2D eigenvalue weighted by Gasteiger charge is -2.30. The van der Waals surface area contributed by atoms with E-state index in [1.807, 2.05) is 0 Å². The predicted molar refractivity (Wildman–Crippen MR) is 105 cm³/mol. The third-order valence-electron chi connectivity index (χ3n) is 5.41. The van der Waals surface area contributed by atoms with Crippen LogP contribution in [-0.2, 0) is 0 Å². The number of Topliss-reactive ketones (excluding diaryl/α,β-unsaturated/α-hetero) is 2. The lowest BCUT2D eigenvalue weighted by Crippen LogP contribution is -2.52. The highest BCUT2D eigenvalue weighted by atomic mass is 19.4. The van der Waals surface area contributed by atoms with Crippen LogP contribution in [0.25, 0.3) is 0 Å². The van der Waals surface area contributed by atoms with E-state index >= 15 is 0 Å². The van der Waals surface area contributed by atoms with Crippen LogP contribution < -0.4 is 11.5 Å². The molecule has 2 unspecified atom stereocenters. The molecular weight excluding hydrogens is 438 g/mol. The van der Waals surface area contributed by atoms with Gasteiger partial charge in [-0.25, -0.2) is 0 Å². The summed E-state index contributed by atoms with van der Waals surface area (Å²) in [6.07, 6.45) is -5.06. The van der Waals surface area contributed by atoms with E-state index in [9.17, 15) is 35.9 Å². The molecule has 0 saturated carbocycles. The van der Waals surface area contributed by atoms with E-state index in [0.29, 0.717) is 12.2 Å². The predicted octanol–water partition coefficient (Wildman–Crippen LogP) is 4.34. The molecule has 1 aromatic carbocycles. The Balaban J connectivity index is 1.78. The minimum absolute atomic E-state index is 0.0187. The second-order valence-electron chi connectivity index (χ2n) is 7.71. The Morgan fingerprint density at radius 2 is 1.12 bits per heavy atom. The first-order valence-electron chi connectivity index (χ1n) is 9.36. The van der Waals surface area contributed by atoms with Gasteiger partial charge in [-0.05, 0) is 18.9 Å². The van der Waals surface area contributed by atoms with E-state index in [4.69, 9.17) is 11.5 Å². The van der Waals surface area contributed by atoms with Crippen molar-refractivity contribution in [1.82, 2.24) is 0 Å². The van der Waals surface area contributed by atoms with Crippen LogP contribution >= 0.6 is 0 Å². The van der Waals surface area contributed by atoms with Crippen LogP contribution in [0.5, 0.6) is 0 Å². The minimum atomic E-state index is -4.69. The third kappa shape index (κ3) is 4.33. The summed E-state index contributed by atoms with van der Waals surface area (Å²) in [7, 11) is 0. The Bertz CT molecular complexity index is 999. The molecule has 0 aliphatic heterocycles. The molecule has 4 nitrogen and oxygen atoms in total. The molecule has 0 aromatic heterocycles. The van der Waals surface area contributed by atoms with Gasteiger partial charge in [0.15, 0.2) is 11.6 Å². The highest BCUT2D eigenvalue weighted by molar-refractivity contribution is 6.14. The van der Waals surface area contributed by atoms with Gasteiger partial charge in [0.2, 0.25) is 0 Å². The Labute approximate surface area is 178 Å². The summed E-state index contributed by atoms with van der Waals surface area (Å²) < 4.78 is 78.0. The molecule has 3 rings (SSSR count). The second kappa shape index (κ2) is 7.86. The summed E-state index contributed by atoms with van der Waals surface area (Å²) in [4.78, 5) is 25.4. The van der Waals surface area contributed by atoms with E-state index in [1.54, 1.807) is 0 Å². The van der Waals surface area contributed by atoms with Crippen molar-refractivity contribution >= 4 is 11.6 Å². The summed E-state index contributed by atoms with van der Waals surface area (Å²) in [5.74, 6) is -1.24. The highest BCUT2D eigenvalue weighted by Gasteiger charge is 2.51. The average Bonchev–Trinajstić information content (AvgIpc) is 2.72. The van der Waals surface area contributed by atoms with Crippen LogP contribution in [0.2, 0.25) is 0 Å². The van der Waals surface area contributed by atoms with E-state index in [1.165, 1.54) is 24.3 Å². The number of rotatable bonds is 4. The number of nitrogens with two attached hydrogens (primary N) is 2. The molecule has 32 heavy (non-hydrogen) atoms. The van der Waals surface area contributed by atoms with Gasteiger partial charge in [0, 0.05) is 22.3 Å². The molecule has 2 atom stereocenters. The van der Waals surface area contributed by atoms with Gasteiger partial charge in [0.05, 0.1) is 0 Å². The lowest BCUT2D eigenvalue weighted by atomic mass is 9.85. The maximum absolute atomic E-state index is 13.0.